The van der Waals surface area contributed by atoms with Gasteiger partial charge in [-0.15, -0.1) is 0 Å². The third-order valence-electron chi connectivity index (χ3n) is 1.66. The normalized spacial score (nSPS) is 9.57. The van der Waals surface area contributed by atoms with E-state index in [4.69, 9.17) is 10.5 Å². The van der Waals surface area contributed by atoms with Crippen LogP contribution in [0.25, 0.3) is 0 Å². The molecule has 0 radical (unpaired) electrons. The molecule has 0 saturated heterocycles. The summed E-state index contributed by atoms with van der Waals surface area (Å²) < 4.78 is 5.00. The van der Waals surface area contributed by atoms with Crippen LogP contribution in [0.4, 0.5) is 5.69 Å². The van der Waals surface area contributed by atoms with Crippen molar-refractivity contribution >= 4 is 11.6 Å². The van der Waals surface area contributed by atoms with E-state index in [-0.39, 0.29) is 5.91 Å². The van der Waals surface area contributed by atoms with Crippen LogP contribution in [-0.4, -0.2) is 20.1 Å². The molecule has 14 heavy (non-hydrogen) atoms. The Bertz CT molecular complexity index is 339. The highest BCUT2D eigenvalue weighted by atomic mass is 16.6. The van der Waals surface area contributed by atoms with Crippen LogP contribution in [0.5, 0.6) is 5.75 Å². The van der Waals surface area contributed by atoms with Gasteiger partial charge in [0.1, 0.15) is 5.75 Å². The van der Waals surface area contributed by atoms with Gasteiger partial charge in [-0.25, -0.2) is 5.48 Å². The largest absolute Gasteiger partial charge is 0.496 e. The topological polar surface area (TPSA) is 73.6 Å². The zero-order chi connectivity index (χ0) is 10.6. The van der Waals surface area contributed by atoms with Gasteiger partial charge in [0.05, 0.1) is 19.8 Å². The van der Waals surface area contributed by atoms with Crippen LogP contribution in [0, 0.1) is 0 Å². The number of methoxy groups -OCH3 is 1. The predicted molar refractivity (Wildman–Crippen MR) is 51.9 cm³/mol. The summed E-state index contributed by atoms with van der Waals surface area (Å²) in [5, 5.41) is 0. The zero-order valence-corrected chi connectivity index (χ0v) is 8.03. The molecule has 0 spiro atoms. The number of carbonyl (C=O) groups excluding carboxylic acids is 1. The molecule has 1 aromatic rings. The third-order valence-corrected chi connectivity index (χ3v) is 1.66. The van der Waals surface area contributed by atoms with Crippen LogP contribution >= 0.6 is 0 Å². The van der Waals surface area contributed by atoms with E-state index >= 15 is 0 Å². The summed E-state index contributed by atoms with van der Waals surface area (Å²) >= 11 is 0. The number of hydroxylamine groups is 1. The molecule has 0 bridgehead atoms. The molecule has 0 saturated carbocycles. The summed E-state index contributed by atoms with van der Waals surface area (Å²) in [5.41, 5.74) is 8.65. The molecule has 0 aliphatic rings. The fourth-order valence-electron chi connectivity index (χ4n) is 1.04. The molecule has 5 heteroatoms. The number of nitrogens with two attached hydrogens (primary N) is 1. The van der Waals surface area contributed by atoms with Crippen molar-refractivity contribution in [1.29, 1.82) is 0 Å². The van der Waals surface area contributed by atoms with E-state index in [1.54, 1.807) is 18.2 Å². The second-order valence-corrected chi connectivity index (χ2v) is 2.60. The van der Waals surface area contributed by atoms with Crippen molar-refractivity contribution in [2.24, 2.45) is 0 Å². The van der Waals surface area contributed by atoms with E-state index in [0.717, 1.165) is 0 Å². The van der Waals surface area contributed by atoms with Gasteiger partial charge < -0.3 is 10.5 Å². The molecule has 3 N–H and O–H groups in total. The molecule has 0 fully saturated rings. The Balaban J connectivity index is 3.01. The quantitative estimate of drug-likeness (QED) is 0.547. The highest BCUT2D eigenvalue weighted by Gasteiger charge is 2.11. The highest BCUT2D eigenvalue weighted by molar-refractivity contribution is 5.96. The average molecular weight is 196 g/mol. The van der Waals surface area contributed by atoms with Crippen LogP contribution in [0.3, 0.4) is 0 Å². The Kier molecular flexibility index (Phi) is 3.30. The first-order valence-electron chi connectivity index (χ1n) is 3.96. The Labute approximate surface area is 81.8 Å². The first-order chi connectivity index (χ1) is 6.69. The van der Waals surface area contributed by atoms with Crippen molar-refractivity contribution in [3.63, 3.8) is 0 Å². The minimum Gasteiger partial charge on any atom is -0.496 e. The van der Waals surface area contributed by atoms with Crippen LogP contribution in [0.2, 0.25) is 0 Å². The molecule has 0 atom stereocenters. The van der Waals surface area contributed by atoms with Crippen molar-refractivity contribution in [3.8, 4) is 5.75 Å². The van der Waals surface area contributed by atoms with Gasteiger partial charge in [0.2, 0.25) is 0 Å². The van der Waals surface area contributed by atoms with E-state index < -0.39 is 0 Å². The highest BCUT2D eigenvalue weighted by Crippen LogP contribution is 2.21. The van der Waals surface area contributed by atoms with Gasteiger partial charge in [-0.1, -0.05) is 0 Å². The van der Waals surface area contributed by atoms with E-state index in [0.29, 0.717) is 17.0 Å². The van der Waals surface area contributed by atoms with Crippen LogP contribution in [-0.2, 0) is 4.84 Å². The lowest BCUT2D eigenvalue weighted by molar-refractivity contribution is 0.0535. The van der Waals surface area contributed by atoms with Crippen LogP contribution < -0.4 is 16.0 Å². The van der Waals surface area contributed by atoms with Crippen LogP contribution in [0.1, 0.15) is 10.4 Å². The van der Waals surface area contributed by atoms with Gasteiger partial charge >= 0.3 is 0 Å². The van der Waals surface area contributed by atoms with E-state index in [9.17, 15) is 4.79 Å². The monoisotopic (exact) mass is 196 g/mol. The number of ether oxygens (including phenoxy) is 1. The molecule has 1 rings (SSSR count). The number of carbonyl (C=O) groups is 1. The van der Waals surface area contributed by atoms with E-state index in [2.05, 4.69) is 10.3 Å². The maximum absolute atomic E-state index is 11.4. The molecular formula is C9H12N2O3. The summed E-state index contributed by atoms with van der Waals surface area (Å²) in [6, 6.07) is 4.76. The summed E-state index contributed by atoms with van der Waals surface area (Å²) in [7, 11) is 2.83. The minimum absolute atomic E-state index is 0.371. The van der Waals surface area contributed by atoms with Gasteiger partial charge in [-0.05, 0) is 12.1 Å². The Morgan fingerprint density at radius 2 is 2.14 bits per heavy atom. The van der Waals surface area contributed by atoms with Crippen molar-refractivity contribution in [1.82, 2.24) is 5.48 Å². The number of benzene rings is 1. The molecule has 1 amide bonds. The fraction of sp³-hybridized carbons (Fsp3) is 0.222. The fourth-order valence-corrected chi connectivity index (χ4v) is 1.04. The Morgan fingerprint density at radius 3 is 2.71 bits per heavy atom. The van der Waals surface area contributed by atoms with Crippen molar-refractivity contribution in [2.75, 3.05) is 20.0 Å². The van der Waals surface area contributed by atoms with Crippen molar-refractivity contribution < 1.29 is 14.4 Å². The molecule has 0 unspecified atom stereocenters. The molecule has 0 heterocycles. The second kappa shape index (κ2) is 4.48. The first-order valence-corrected chi connectivity index (χ1v) is 3.96. The van der Waals surface area contributed by atoms with Gasteiger partial charge in [0.25, 0.3) is 5.91 Å². The lowest BCUT2D eigenvalue weighted by Crippen LogP contribution is -2.22. The lowest BCUT2D eigenvalue weighted by Gasteiger charge is -2.08. The predicted octanol–water partition coefficient (Wildman–Crippen LogP) is 0.569. The lowest BCUT2D eigenvalue weighted by atomic mass is 10.2. The van der Waals surface area contributed by atoms with Crippen molar-refractivity contribution in [3.05, 3.63) is 23.8 Å². The van der Waals surface area contributed by atoms with E-state index in [1.165, 1.54) is 14.2 Å². The maximum Gasteiger partial charge on any atom is 0.278 e. The zero-order valence-electron chi connectivity index (χ0n) is 8.03. The van der Waals surface area contributed by atoms with Crippen LogP contribution in [0.15, 0.2) is 18.2 Å². The first kappa shape index (κ1) is 10.3. The average Bonchev–Trinajstić information content (AvgIpc) is 2.17. The third kappa shape index (κ3) is 2.14. The smallest absolute Gasteiger partial charge is 0.278 e. The number of hydrogen-bond acceptors (Lipinski definition) is 4. The number of rotatable bonds is 3. The number of hydrogen-bond donors (Lipinski definition) is 2. The molecule has 0 aliphatic carbocycles. The molecular weight excluding hydrogens is 184 g/mol. The molecule has 0 aliphatic heterocycles. The number of amides is 1. The van der Waals surface area contributed by atoms with Crippen molar-refractivity contribution in [2.45, 2.75) is 0 Å². The standard InChI is InChI=1S/C9H12N2O3/c1-13-8-5-6(10)3-4-7(8)9(12)11-14-2/h3-5H,10H2,1-2H3,(H,11,12). The minimum atomic E-state index is -0.371. The molecule has 5 nitrogen and oxygen atoms in total. The Morgan fingerprint density at radius 1 is 1.43 bits per heavy atom. The van der Waals surface area contributed by atoms with Gasteiger partial charge in [-0.2, -0.15) is 0 Å². The van der Waals surface area contributed by atoms with E-state index in [1.807, 2.05) is 0 Å². The summed E-state index contributed by atoms with van der Waals surface area (Å²) in [6.45, 7) is 0. The van der Waals surface area contributed by atoms with Gasteiger partial charge in [0, 0.05) is 11.8 Å². The number of nitrogens with one attached hydrogen (secondary N) is 1. The maximum atomic E-state index is 11.4. The SMILES string of the molecule is CONC(=O)c1ccc(N)cc1OC. The summed E-state index contributed by atoms with van der Waals surface area (Å²) in [6.07, 6.45) is 0. The summed E-state index contributed by atoms with van der Waals surface area (Å²) in [4.78, 5) is 15.9. The van der Waals surface area contributed by atoms with Gasteiger partial charge in [-0.3, -0.25) is 9.63 Å². The number of nitrogen functional groups attached to an aromatic ring is 1. The molecule has 0 aromatic heterocycles. The second-order valence-electron chi connectivity index (χ2n) is 2.60. The number of anilines is 1. The molecule has 1 aromatic carbocycles. The summed E-state index contributed by atoms with van der Waals surface area (Å²) in [5.74, 6) is 0.0453. The van der Waals surface area contributed by atoms with Gasteiger partial charge in [0.15, 0.2) is 0 Å². The Hall–Kier alpha value is -1.75. The molecule has 76 valence electrons.